The van der Waals surface area contributed by atoms with Crippen molar-refractivity contribution in [3.8, 4) is 0 Å². The summed E-state index contributed by atoms with van der Waals surface area (Å²) < 4.78 is 0. The van der Waals surface area contributed by atoms with Gasteiger partial charge >= 0.3 is 0 Å². The Morgan fingerprint density at radius 1 is 1.39 bits per heavy atom. The molecule has 2 rings (SSSR count). The molecule has 0 atom stereocenters. The minimum absolute atomic E-state index is 0.160. The standard InChI is InChI=1S/C13H21N3O2/c1-13(7-17,8-18)16-12-10(6-14)5-9-3-2-4-11(9)15-12/h5,17-18H,2-4,6-8,14H2,1H3,(H,15,16). The third-order valence-electron chi connectivity index (χ3n) is 3.47. The van der Waals surface area contributed by atoms with E-state index in [1.54, 1.807) is 6.92 Å². The highest BCUT2D eigenvalue weighted by molar-refractivity contribution is 5.50. The predicted molar refractivity (Wildman–Crippen MR) is 70.4 cm³/mol. The summed E-state index contributed by atoms with van der Waals surface area (Å²) in [4.78, 5) is 4.59. The summed E-state index contributed by atoms with van der Waals surface area (Å²) in [6.45, 7) is 1.83. The first-order valence-electron chi connectivity index (χ1n) is 6.33. The number of nitrogens with two attached hydrogens (primary N) is 1. The molecule has 0 amide bonds. The average molecular weight is 251 g/mol. The summed E-state index contributed by atoms with van der Waals surface area (Å²) in [6, 6.07) is 2.09. The molecular formula is C13H21N3O2. The fraction of sp³-hybridized carbons (Fsp3) is 0.615. The number of nitrogens with one attached hydrogen (secondary N) is 1. The lowest BCUT2D eigenvalue weighted by molar-refractivity contribution is 0.147. The van der Waals surface area contributed by atoms with Crippen molar-refractivity contribution in [3.63, 3.8) is 0 Å². The Kier molecular flexibility index (Phi) is 3.85. The topological polar surface area (TPSA) is 91.4 Å². The molecule has 0 aromatic carbocycles. The number of aliphatic hydroxyl groups excluding tert-OH is 2. The van der Waals surface area contributed by atoms with Crippen molar-refractivity contribution in [1.29, 1.82) is 0 Å². The van der Waals surface area contributed by atoms with E-state index in [2.05, 4.69) is 16.4 Å². The van der Waals surface area contributed by atoms with E-state index in [4.69, 9.17) is 5.73 Å². The van der Waals surface area contributed by atoms with Gasteiger partial charge in [0.15, 0.2) is 0 Å². The monoisotopic (exact) mass is 251 g/mol. The minimum atomic E-state index is -0.774. The maximum Gasteiger partial charge on any atom is 0.131 e. The minimum Gasteiger partial charge on any atom is -0.394 e. The first-order valence-corrected chi connectivity index (χ1v) is 6.33. The molecule has 0 spiro atoms. The summed E-state index contributed by atoms with van der Waals surface area (Å²) in [5.74, 6) is 0.684. The van der Waals surface area contributed by atoms with Gasteiger partial charge in [0.25, 0.3) is 0 Å². The molecule has 18 heavy (non-hydrogen) atoms. The van der Waals surface area contributed by atoms with Crippen molar-refractivity contribution < 1.29 is 10.2 Å². The van der Waals surface area contributed by atoms with Crippen LogP contribution in [0.1, 0.15) is 30.2 Å². The summed E-state index contributed by atoms with van der Waals surface area (Å²) in [7, 11) is 0. The number of rotatable bonds is 5. The Morgan fingerprint density at radius 3 is 2.72 bits per heavy atom. The molecule has 5 nitrogen and oxygen atoms in total. The number of anilines is 1. The van der Waals surface area contributed by atoms with E-state index < -0.39 is 5.54 Å². The molecule has 1 aromatic rings. The van der Waals surface area contributed by atoms with E-state index in [1.807, 2.05) is 0 Å². The van der Waals surface area contributed by atoms with Gasteiger partial charge in [0, 0.05) is 17.8 Å². The van der Waals surface area contributed by atoms with Crippen molar-refractivity contribution in [1.82, 2.24) is 4.98 Å². The Morgan fingerprint density at radius 2 is 2.11 bits per heavy atom. The lowest BCUT2D eigenvalue weighted by Gasteiger charge is -2.28. The quantitative estimate of drug-likeness (QED) is 0.599. The van der Waals surface area contributed by atoms with Crippen molar-refractivity contribution >= 4 is 5.82 Å². The lowest BCUT2D eigenvalue weighted by Crippen LogP contribution is -2.43. The third kappa shape index (κ3) is 2.48. The van der Waals surface area contributed by atoms with Crippen LogP contribution in [0.15, 0.2) is 6.07 Å². The molecule has 0 saturated heterocycles. The second-order valence-corrected chi connectivity index (χ2v) is 5.16. The highest BCUT2D eigenvalue weighted by atomic mass is 16.3. The van der Waals surface area contributed by atoms with Crippen LogP contribution in [-0.2, 0) is 19.4 Å². The van der Waals surface area contributed by atoms with Gasteiger partial charge in [-0.3, -0.25) is 0 Å². The molecule has 5 N–H and O–H groups in total. The fourth-order valence-electron chi connectivity index (χ4n) is 2.20. The second-order valence-electron chi connectivity index (χ2n) is 5.16. The normalized spacial score (nSPS) is 14.7. The van der Waals surface area contributed by atoms with Gasteiger partial charge in [-0.25, -0.2) is 4.98 Å². The number of aliphatic hydroxyl groups is 2. The Labute approximate surface area is 107 Å². The third-order valence-corrected chi connectivity index (χ3v) is 3.47. The molecule has 0 fully saturated rings. The Hall–Kier alpha value is -1.17. The van der Waals surface area contributed by atoms with E-state index in [1.165, 1.54) is 5.56 Å². The summed E-state index contributed by atoms with van der Waals surface area (Å²) in [5, 5.41) is 21.8. The van der Waals surface area contributed by atoms with Crippen LogP contribution < -0.4 is 11.1 Å². The van der Waals surface area contributed by atoms with Gasteiger partial charge in [-0.15, -0.1) is 0 Å². The first kappa shape index (κ1) is 13.3. The predicted octanol–water partition coefficient (Wildman–Crippen LogP) is 0.184. The molecule has 1 aliphatic rings. The number of aryl methyl sites for hydroxylation is 2. The van der Waals surface area contributed by atoms with Crippen molar-refractivity contribution in [3.05, 3.63) is 22.9 Å². The molecule has 0 unspecified atom stereocenters. The van der Waals surface area contributed by atoms with E-state index >= 15 is 0 Å². The Balaban J connectivity index is 2.32. The maximum absolute atomic E-state index is 9.32. The fourth-order valence-corrected chi connectivity index (χ4v) is 2.20. The van der Waals surface area contributed by atoms with Gasteiger partial charge in [0.05, 0.1) is 18.8 Å². The summed E-state index contributed by atoms with van der Waals surface area (Å²) >= 11 is 0. The van der Waals surface area contributed by atoms with Gasteiger partial charge < -0.3 is 21.3 Å². The molecule has 1 heterocycles. The van der Waals surface area contributed by atoms with E-state index in [-0.39, 0.29) is 13.2 Å². The number of aromatic nitrogens is 1. The lowest BCUT2D eigenvalue weighted by atomic mass is 10.0. The van der Waals surface area contributed by atoms with E-state index in [0.717, 1.165) is 30.5 Å². The Bertz CT molecular complexity index is 430. The molecule has 100 valence electrons. The van der Waals surface area contributed by atoms with Gasteiger partial charge in [-0.2, -0.15) is 0 Å². The first-order chi connectivity index (χ1) is 8.61. The van der Waals surface area contributed by atoms with Crippen molar-refractivity contribution in [2.24, 2.45) is 5.73 Å². The highest BCUT2D eigenvalue weighted by Crippen LogP contribution is 2.26. The SMILES string of the molecule is CC(CO)(CO)Nc1nc2c(cc1CN)CCC2. The number of pyridine rings is 1. The van der Waals surface area contributed by atoms with Crippen LogP contribution in [0.3, 0.4) is 0 Å². The second kappa shape index (κ2) is 5.22. The van der Waals surface area contributed by atoms with Crippen LogP contribution >= 0.6 is 0 Å². The number of nitrogens with zero attached hydrogens (tertiary/aromatic N) is 1. The van der Waals surface area contributed by atoms with Crippen LogP contribution in [-0.4, -0.2) is 33.9 Å². The summed E-state index contributed by atoms with van der Waals surface area (Å²) in [6.07, 6.45) is 3.18. The number of fused-ring (bicyclic) bond motifs is 1. The van der Waals surface area contributed by atoms with Crippen molar-refractivity contribution in [2.45, 2.75) is 38.3 Å². The molecule has 0 aliphatic heterocycles. The van der Waals surface area contributed by atoms with Crippen LogP contribution in [0.5, 0.6) is 0 Å². The van der Waals surface area contributed by atoms with E-state index in [0.29, 0.717) is 12.4 Å². The van der Waals surface area contributed by atoms with Crippen LogP contribution in [0.2, 0.25) is 0 Å². The molecule has 1 aliphatic carbocycles. The van der Waals surface area contributed by atoms with Crippen LogP contribution in [0.4, 0.5) is 5.82 Å². The van der Waals surface area contributed by atoms with Crippen LogP contribution in [0.25, 0.3) is 0 Å². The zero-order chi connectivity index (χ0) is 13.2. The van der Waals surface area contributed by atoms with Gasteiger partial charge in [-0.1, -0.05) is 0 Å². The molecular weight excluding hydrogens is 230 g/mol. The van der Waals surface area contributed by atoms with Gasteiger partial charge in [0.2, 0.25) is 0 Å². The molecule has 5 heteroatoms. The average Bonchev–Trinajstić information content (AvgIpc) is 2.84. The van der Waals surface area contributed by atoms with Crippen molar-refractivity contribution in [2.75, 3.05) is 18.5 Å². The number of hydrogen-bond acceptors (Lipinski definition) is 5. The zero-order valence-electron chi connectivity index (χ0n) is 10.7. The van der Waals surface area contributed by atoms with Gasteiger partial charge in [-0.05, 0) is 37.8 Å². The maximum atomic E-state index is 9.32. The molecule has 0 radical (unpaired) electrons. The molecule has 0 saturated carbocycles. The van der Waals surface area contributed by atoms with E-state index in [9.17, 15) is 10.2 Å². The highest BCUT2D eigenvalue weighted by Gasteiger charge is 2.25. The largest absolute Gasteiger partial charge is 0.394 e. The zero-order valence-corrected chi connectivity index (χ0v) is 10.7. The molecule has 1 aromatic heterocycles. The van der Waals surface area contributed by atoms with Gasteiger partial charge in [0.1, 0.15) is 5.82 Å². The smallest absolute Gasteiger partial charge is 0.131 e. The number of hydrogen-bond donors (Lipinski definition) is 4. The van der Waals surface area contributed by atoms with Crippen LogP contribution in [0, 0.1) is 0 Å². The molecule has 0 bridgehead atoms. The summed E-state index contributed by atoms with van der Waals surface area (Å²) in [5.41, 5.74) is 8.28.